The molecule has 4 aromatic rings. The molecule has 1 N–H and O–H groups in total. The van der Waals surface area contributed by atoms with E-state index in [0.717, 1.165) is 22.3 Å². The summed E-state index contributed by atoms with van der Waals surface area (Å²) in [7, 11) is -3.90. The normalized spacial score (nSPS) is 11.2. The zero-order valence-corrected chi connectivity index (χ0v) is 21.5. The summed E-state index contributed by atoms with van der Waals surface area (Å²) in [6.07, 6.45) is 0. The van der Waals surface area contributed by atoms with Crippen molar-refractivity contribution in [2.75, 3.05) is 4.72 Å². The molecule has 0 bridgehead atoms. The minimum atomic E-state index is -3.90. The predicted octanol–water partition coefficient (Wildman–Crippen LogP) is 6.26. The van der Waals surface area contributed by atoms with Gasteiger partial charge in [0, 0.05) is 18.7 Å². The lowest BCUT2D eigenvalue weighted by molar-refractivity contribution is 0.0729. The van der Waals surface area contributed by atoms with Crippen molar-refractivity contribution >= 4 is 21.6 Å². The molecule has 4 rings (SSSR count). The third-order valence-electron chi connectivity index (χ3n) is 6.07. The number of carbonyl (C=O) groups is 1. The summed E-state index contributed by atoms with van der Waals surface area (Å²) in [4.78, 5) is 15.5. The Balaban J connectivity index is 1.66. The molecule has 0 atom stereocenters. The van der Waals surface area contributed by atoms with E-state index < -0.39 is 10.0 Å². The molecule has 1 amide bonds. The van der Waals surface area contributed by atoms with Crippen molar-refractivity contribution in [2.24, 2.45) is 0 Å². The van der Waals surface area contributed by atoms with Crippen molar-refractivity contribution in [3.8, 4) is 0 Å². The molecule has 36 heavy (non-hydrogen) atoms. The standard InChI is InChI=1S/C30H30N2O3S/c1-22-14-17-28(24(3)18-22)31-36(34,35)29-19-27(16-15-23(29)2)30(33)32(20-25-10-6-4-7-11-25)21-26-12-8-5-9-13-26/h4-19,31H,20-21H2,1-3H3. The third-order valence-corrected chi connectivity index (χ3v) is 7.58. The van der Waals surface area contributed by atoms with Gasteiger partial charge in [0.15, 0.2) is 0 Å². The maximum Gasteiger partial charge on any atom is 0.262 e. The van der Waals surface area contributed by atoms with Crippen LogP contribution < -0.4 is 4.72 Å². The molecule has 0 saturated carbocycles. The van der Waals surface area contributed by atoms with E-state index in [2.05, 4.69) is 4.72 Å². The van der Waals surface area contributed by atoms with Gasteiger partial charge < -0.3 is 4.90 Å². The highest BCUT2D eigenvalue weighted by atomic mass is 32.2. The number of sulfonamides is 1. The average Bonchev–Trinajstić information content (AvgIpc) is 2.86. The number of amides is 1. The molecule has 184 valence electrons. The molecule has 0 aliphatic heterocycles. The third kappa shape index (κ3) is 6.01. The van der Waals surface area contributed by atoms with Crippen molar-refractivity contribution in [2.45, 2.75) is 38.8 Å². The van der Waals surface area contributed by atoms with E-state index in [4.69, 9.17) is 0 Å². The van der Waals surface area contributed by atoms with E-state index in [1.807, 2.05) is 86.6 Å². The summed E-state index contributed by atoms with van der Waals surface area (Å²) in [5.74, 6) is -0.231. The Bertz CT molecular complexity index is 1430. The van der Waals surface area contributed by atoms with Crippen LogP contribution in [0.15, 0.2) is 102 Å². The van der Waals surface area contributed by atoms with Gasteiger partial charge in [-0.2, -0.15) is 0 Å². The van der Waals surface area contributed by atoms with Gasteiger partial charge in [-0.1, -0.05) is 84.4 Å². The Kier molecular flexibility index (Phi) is 7.55. The lowest BCUT2D eigenvalue weighted by Gasteiger charge is -2.24. The molecular weight excluding hydrogens is 468 g/mol. The molecule has 0 radical (unpaired) electrons. The first kappa shape index (κ1) is 25.2. The lowest BCUT2D eigenvalue weighted by Crippen LogP contribution is -2.30. The highest BCUT2D eigenvalue weighted by molar-refractivity contribution is 7.92. The van der Waals surface area contributed by atoms with E-state index >= 15 is 0 Å². The minimum absolute atomic E-state index is 0.0905. The molecule has 0 aliphatic rings. The van der Waals surface area contributed by atoms with E-state index in [0.29, 0.717) is 29.9 Å². The molecule has 0 saturated heterocycles. The highest BCUT2D eigenvalue weighted by Crippen LogP contribution is 2.25. The minimum Gasteiger partial charge on any atom is -0.330 e. The summed E-state index contributed by atoms with van der Waals surface area (Å²) in [5, 5.41) is 0. The summed E-state index contributed by atoms with van der Waals surface area (Å²) in [6.45, 7) is 6.37. The van der Waals surface area contributed by atoms with Crippen molar-refractivity contribution in [3.63, 3.8) is 0 Å². The Morgan fingerprint density at radius 2 is 1.31 bits per heavy atom. The van der Waals surface area contributed by atoms with Crippen molar-refractivity contribution in [3.05, 3.63) is 130 Å². The monoisotopic (exact) mass is 498 g/mol. The quantitative estimate of drug-likeness (QED) is 0.312. The van der Waals surface area contributed by atoms with Crippen LogP contribution >= 0.6 is 0 Å². The van der Waals surface area contributed by atoms with E-state index in [1.54, 1.807) is 30.0 Å². The number of anilines is 1. The van der Waals surface area contributed by atoms with Gasteiger partial charge in [-0.05, 0) is 61.2 Å². The largest absolute Gasteiger partial charge is 0.330 e. The smallest absolute Gasteiger partial charge is 0.262 e. The van der Waals surface area contributed by atoms with Crippen LogP contribution in [0, 0.1) is 20.8 Å². The molecule has 4 aromatic carbocycles. The fraction of sp³-hybridized carbons (Fsp3) is 0.167. The summed E-state index contributed by atoms with van der Waals surface area (Å²) < 4.78 is 29.4. The summed E-state index contributed by atoms with van der Waals surface area (Å²) in [6, 6.07) is 29.9. The summed E-state index contributed by atoms with van der Waals surface area (Å²) >= 11 is 0. The average molecular weight is 499 g/mol. The second-order valence-corrected chi connectivity index (χ2v) is 10.7. The molecular formula is C30H30N2O3S. The van der Waals surface area contributed by atoms with E-state index in [9.17, 15) is 13.2 Å². The molecule has 0 fully saturated rings. The molecule has 6 heteroatoms. The van der Waals surface area contributed by atoms with Gasteiger partial charge in [0.2, 0.25) is 0 Å². The number of nitrogens with zero attached hydrogens (tertiary/aromatic N) is 1. The number of benzene rings is 4. The molecule has 0 unspecified atom stereocenters. The van der Waals surface area contributed by atoms with Crippen molar-refractivity contribution in [1.29, 1.82) is 0 Å². The fourth-order valence-electron chi connectivity index (χ4n) is 4.14. The zero-order chi connectivity index (χ0) is 25.7. The Hall–Kier alpha value is -3.90. The first-order valence-electron chi connectivity index (χ1n) is 11.8. The van der Waals surface area contributed by atoms with Gasteiger partial charge in [0.1, 0.15) is 0 Å². The lowest BCUT2D eigenvalue weighted by atomic mass is 10.1. The zero-order valence-electron chi connectivity index (χ0n) is 20.7. The van der Waals surface area contributed by atoms with Crippen molar-refractivity contribution < 1.29 is 13.2 Å². The molecule has 0 spiro atoms. The Morgan fingerprint density at radius 1 is 0.722 bits per heavy atom. The number of nitrogens with one attached hydrogen (secondary N) is 1. The first-order valence-corrected chi connectivity index (χ1v) is 13.3. The highest BCUT2D eigenvalue weighted by Gasteiger charge is 2.23. The van der Waals surface area contributed by atoms with Gasteiger partial charge in [-0.25, -0.2) is 8.42 Å². The van der Waals surface area contributed by atoms with Gasteiger partial charge in [-0.3, -0.25) is 9.52 Å². The van der Waals surface area contributed by atoms with Gasteiger partial charge in [-0.15, -0.1) is 0 Å². The van der Waals surface area contributed by atoms with Crippen LogP contribution in [0.25, 0.3) is 0 Å². The number of hydrogen-bond donors (Lipinski definition) is 1. The van der Waals surface area contributed by atoms with Crippen LogP contribution in [-0.4, -0.2) is 19.2 Å². The van der Waals surface area contributed by atoms with Crippen LogP contribution in [0.3, 0.4) is 0 Å². The Labute approximate surface area is 213 Å². The maximum atomic E-state index is 13.7. The van der Waals surface area contributed by atoms with Crippen LogP contribution in [0.4, 0.5) is 5.69 Å². The van der Waals surface area contributed by atoms with Gasteiger partial charge in [0.25, 0.3) is 15.9 Å². The first-order chi connectivity index (χ1) is 17.2. The number of hydrogen-bond acceptors (Lipinski definition) is 3. The Morgan fingerprint density at radius 3 is 1.86 bits per heavy atom. The fourth-order valence-corrected chi connectivity index (χ4v) is 5.54. The maximum absolute atomic E-state index is 13.7. The number of rotatable bonds is 8. The second-order valence-electron chi connectivity index (χ2n) is 9.04. The van der Waals surface area contributed by atoms with Crippen LogP contribution in [0.2, 0.25) is 0 Å². The SMILES string of the molecule is Cc1ccc(NS(=O)(=O)c2cc(C(=O)N(Cc3ccccc3)Cc3ccccc3)ccc2C)c(C)c1. The van der Waals surface area contributed by atoms with Gasteiger partial charge in [0.05, 0.1) is 10.6 Å². The van der Waals surface area contributed by atoms with Crippen LogP contribution in [0.1, 0.15) is 38.2 Å². The molecule has 0 aliphatic carbocycles. The molecule has 0 heterocycles. The second kappa shape index (κ2) is 10.8. The predicted molar refractivity (Wildman–Crippen MR) is 144 cm³/mol. The topological polar surface area (TPSA) is 66.5 Å². The van der Waals surface area contributed by atoms with E-state index in [1.165, 1.54) is 6.07 Å². The van der Waals surface area contributed by atoms with E-state index in [-0.39, 0.29) is 10.8 Å². The van der Waals surface area contributed by atoms with Crippen LogP contribution in [-0.2, 0) is 23.1 Å². The summed E-state index contributed by atoms with van der Waals surface area (Å²) in [5.41, 5.74) is 5.30. The van der Waals surface area contributed by atoms with Crippen molar-refractivity contribution in [1.82, 2.24) is 4.90 Å². The molecule has 0 aromatic heterocycles. The van der Waals surface area contributed by atoms with Crippen LogP contribution in [0.5, 0.6) is 0 Å². The number of aryl methyl sites for hydroxylation is 3. The number of carbonyl (C=O) groups excluding carboxylic acids is 1. The molecule has 5 nitrogen and oxygen atoms in total. The van der Waals surface area contributed by atoms with Gasteiger partial charge >= 0.3 is 0 Å².